The lowest BCUT2D eigenvalue weighted by Crippen LogP contribution is -2.49. The number of nitrogens with two attached hydrogens (primary N) is 1. The number of allylic oxidation sites excluding steroid dienone is 1. The van der Waals surface area contributed by atoms with Crippen molar-refractivity contribution in [1.82, 2.24) is 10.2 Å². The molecule has 2 rings (SSSR count). The summed E-state index contributed by atoms with van der Waals surface area (Å²) in [5, 5.41) is 13.1. The summed E-state index contributed by atoms with van der Waals surface area (Å²) in [6, 6.07) is 6.77. The van der Waals surface area contributed by atoms with Crippen molar-refractivity contribution in [3.05, 3.63) is 41.1 Å². The Labute approximate surface area is 185 Å². The average Bonchev–Trinajstić information content (AvgIpc) is 3.07. The van der Waals surface area contributed by atoms with Gasteiger partial charge in [0.1, 0.15) is 6.04 Å². The summed E-state index contributed by atoms with van der Waals surface area (Å²) in [6.45, 7) is 11.8. The van der Waals surface area contributed by atoms with Gasteiger partial charge in [0, 0.05) is 29.5 Å². The minimum Gasteiger partial charge on any atom is -0.401 e. The van der Waals surface area contributed by atoms with Crippen LogP contribution < -0.4 is 11.1 Å². The van der Waals surface area contributed by atoms with E-state index in [0.29, 0.717) is 5.70 Å². The van der Waals surface area contributed by atoms with Crippen LogP contribution >= 0.6 is 12.6 Å². The number of likely N-dealkylation sites (tertiary alicyclic amines) is 1. The zero-order valence-electron chi connectivity index (χ0n) is 18.8. The Balaban J connectivity index is 2.11. The zero-order chi connectivity index (χ0) is 22.8. The molecule has 0 unspecified atom stereocenters. The molecule has 0 spiro atoms. The number of nitrogens with zero attached hydrogens (tertiary/aromatic N) is 1. The van der Waals surface area contributed by atoms with Crippen molar-refractivity contribution in [2.45, 2.75) is 66.2 Å². The van der Waals surface area contributed by atoms with Gasteiger partial charge in [0.15, 0.2) is 0 Å². The molecule has 1 aliphatic rings. The highest BCUT2D eigenvalue weighted by Crippen LogP contribution is 2.30. The van der Waals surface area contributed by atoms with Gasteiger partial charge in [-0.05, 0) is 30.4 Å². The van der Waals surface area contributed by atoms with Crippen LogP contribution in [0.3, 0.4) is 0 Å². The summed E-state index contributed by atoms with van der Waals surface area (Å²) in [6.07, 6.45) is -0.435. The molecule has 1 aromatic rings. The predicted octanol–water partition coefficient (Wildman–Crippen LogP) is 3.08. The molecule has 4 N–H and O–H groups in total. The Morgan fingerprint density at radius 3 is 2.30 bits per heavy atom. The lowest BCUT2D eigenvalue weighted by Gasteiger charge is -2.33. The molecule has 1 saturated heterocycles. The second-order valence-electron chi connectivity index (χ2n) is 9.37. The summed E-state index contributed by atoms with van der Waals surface area (Å²) >= 11 is 4.41. The Kier molecular flexibility index (Phi) is 7.64. The van der Waals surface area contributed by atoms with Crippen molar-refractivity contribution in [1.29, 1.82) is 0 Å². The van der Waals surface area contributed by atoms with Crippen molar-refractivity contribution in [2.75, 3.05) is 6.54 Å². The average molecular weight is 434 g/mol. The number of nitrogens with one attached hydrogen (secondary N) is 1. The normalized spacial score (nSPS) is 22.3. The van der Waals surface area contributed by atoms with E-state index in [-0.39, 0.29) is 42.2 Å². The second kappa shape index (κ2) is 9.43. The third-order valence-corrected chi connectivity index (χ3v) is 6.56. The largest absolute Gasteiger partial charge is 0.401 e. The van der Waals surface area contributed by atoms with Crippen LogP contribution in [0.4, 0.5) is 0 Å². The standard InChI is InChI=1S/C23H35N3O3S/c1-13(23(4,5)6)22(29)26-12-18(27)11-19(26)21(28)25-15(3)16-7-9-17(10-8-16)20(30)14(2)24/h7-10,13,15,18-19,27,30H,11-12,24H2,1-6H3,(H,25,28)/b20-14-/t13-,15+,18-,19+/m1/s1. The van der Waals surface area contributed by atoms with Crippen LogP contribution in [0.2, 0.25) is 0 Å². The molecule has 30 heavy (non-hydrogen) atoms. The quantitative estimate of drug-likeness (QED) is 0.537. The first-order valence-electron chi connectivity index (χ1n) is 10.4. The summed E-state index contributed by atoms with van der Waals surface area (Å²) in [4.78, 5) is 28.2. The molecule has 0 saturated carbocycles. The van der Waals surface area contributed by atoms with Crippen LogP contribution in [0.5, 0.6) is 0 Å². The third-order valence-electron chi connectivity index (χ3n) is 5.95. The molecule has 1 heterocycles. The molecule has 0 bridgehead atoms. The number of aliphatic hydroxyl groups is 1. The van der Waals surface area contributed by atoms with E-state index in [1.807, 2.05) is 58.9 Å². The molecule has 166 valence electrons. The molecule has 7 heteroatoms. The molecular weight excluding hydrogens is 398 g/mol. The number of amides is 2. The van der Waals surface area contributed by atoms with E-state index < -0.39 is 12.1 Å². The Bertz CT molecular complexity index is 810. The van der Waals surface area contributed by atoms with Crippen molar-refractivity contribution >= 4 is 29.3 Å². The summed E-state index contributed by atoms with van der Waals surface area (Å²) < 4.78 is 0. The van der Waals surface area contributed by atoms with Crippen LogP contribution in [-0.2, 0) is 9.59 Å². The first kappa shape index (κ1) is 24.3. The topological polar surface area (TPSA) is 95.7 Å². The fourth-order valence-corrected chi connectivity index (χ4v) is 3.62. The van der Waals surface area contributed by atoms with Crippen LogP contribution in [0.15, 0.2) is 30.0 Å². The van der Waals surface area contributed by atoms with Gasteiger partial charge in [0.2, 0.25) is 11.8 Å². The summed E-state index contributed by atoms with van der Waals surface area (Å²) in [5.41, 5.74) is 8.06. The molecule has 0 aliphatic carbocycles. The molecule has 4 atom stereocenters. The lowest BCUT2D eigenvalue weighted by molar-refractivity contribution is -0.144. The van der Waals surface area contributed by atoms with E-state index in [2.05, 4.69) is 17.9 Å². The van der Waals surface area contributed by atoms with Gasteiger partial charge in [-0.1, -0.05) is 52.0 Å². The molecule has 1 aliphatic heterocycles. The molecule has 1 fully saturated rings. The maximum absolute atomic E-state index is 13.0. The summed E-state index contributed by atoms with van der Waals surface area (Å²) in [5.74, 6) is -0.593. The zero-order valence-corrected chi connectivity index (χ0v) is 19.7. The number of benzene rings is 1. The third kappa shape index (κ3) is 5.58. The predicted molar refractivity (Wildman–Crippen MR) is 124 cm³/mol. The Morgan fingerprint density at radius 2 is 1.80 bits per heavy atom. The fourth-order valence-electron chi connectivity index (χ4n) is 3.48. The number of carbonyl (C=O) groups excluding carboxylic acids is 2. The Morgan fingerprint density at radius 1 is 1.23 bits per heavy atom. The van der Waals surface area contributed by atoms with Gasteiger partial charge in [-0.3, -0.25) is 9.59 Å². The van der Waals surface area contributed by atoms with Crippen molar-refractivity contribution in [3.63, 3.8) is 0 Å². The smallest absolute Gasteiger partial charge is 0.243 e. The fraction of sp³-hybridized carbons (Fsp3) is 0.565. The van der Waals surface area contributed by atoms with E-state index >= 15 is 0 Å². The van der Waals surface area contributed by atoms with E-state index in [1.165, 1.54) is 4.90 Å². The first-order chi connectivity index (χ1) is 13.8. The Hall–Kier alpha value is -1.99. The lowest BCUT2D eigenvalue weighted by atomic mass is 9.81. The van der Waals surface area contributed by atoms with Gasteiger partial charge >= 0.3 is 0 Å². The van der Waals surface area contributed by atoms with Gasteiger partial charge < -0.3 is 21.1 Å². The molecule has 2 amide bonds. The van der Waals surface area contributed by atoms with Gasteiger partial charge in [-0.2, -0.15) is 0 Å². The van der Waals surface area contributed by atoms with Crippen molar-refractivity contribution < 1.29 is 14.7 Å². The van der Waals surface area contributed by atoms with Crippen LogP contribution in [-0.4, -0.2) is 40.5 Å². The first-order valence-corrected chi connectivity index (χ1v) is 10.8. The van der Waals surface area contributed by atoms with E-state index in [1.54, 1.807) is 6.92 Å². The van der Waals surface area contributed by atoms with E-state index in [9.17, 15) is 14.7 Å². The van der Waals surface area contributed by atoms with Gasteiger partial charge in [0.05, 0.1) is 12.1 Å². The molecule has 0 radical (unpaired) electrons. The number of aliphatic hydroxyl groups excluding tert-OH is 1. The van der Waals surface area contributed by atoms with Gasteiger partial charge in [-0.25, -0.2) is 0 Å². The van der Waals surface area contributed by atoms with E-state index in [0.717, 1.165) is 16.0 Å². The van der Waals surface area contributed by atoms with Gasteiger partial charge in [0.25, 0.3) is 0 Å². The van der Waals surface area contributed by atoms with Crippen LogP contribution in [0.25, 0.3) is 4.91 Å². The highest BCUT2D eigenvalue weighted by atomic mass is 32.1. The maximum Gasteiger partial charge on any atom is 0.243 e. The molecule has 1 aromatic carbocycles. The number of thiol groups is 1. The summed E-state index contributed by atoms with van der Waals surface area (Å²) in [7, 11) is 0. The highest BCUT2D eigenvalue weighted by Gasteiger charge is 2.42. The molecule has 6 nitrogen and oxygen atoms in total. The number of rotatable bonds is 5. The number of carbonyl (C=O) groups is 2. The minimum absolute atomic E-state index is 0.0959. The molecular formula is C23H35N3O3S. The number of hydrogen-bond acceptors (Lipinski definition) is 5. The highest BCUT2D eigenvalue weighted by molar-refractivity contribution is 7.90. The van der Waals surface area contributed by atoms with Gasteiger partial charge in [-0.15, -0.1) is 12.6 Å². The maximum atomic E-state index is 13.0. The second-order valence-corrected chi connectivity index (χ2v) is 9.81. The number of hydrogen-bond donors (Lipinski definition) is 4. The van der Waals surface area contributed by atoms with Crippen LogP contribution in [0.1, 0.15) is 65.1 Å². The molecule has 0 aromatic heterocycles. The van der Waals surface area contributed by atoms with Crippen molar-refractivity contribution in [3.8, 4) is 0 Å². The number of β-amino-alcohol motifs (C(OH)–C–C–N with tert-alkyl or cyclic N) is 1. The van der Waals surface area contributed by atoms with E-state index in [4.69, 9.17) is 5.73 Å². The minimum atomic E-state index is -0.688. The van der Waals surface area contributed by atoms with Crippen molar-refractivity contribution in [2.24, 2.45) is 17.1 Å². The monoisotopic (exact) mass is 433 g/mol. The van der Waals surface area contributed by atoms with Crippen LogP contribution in [0, 0.1) is 11.3 Å². The SMILES string of the molecule is C/C(N)=C(/S)c1ccc([C@H](C)NC(=O)[C@@H]2C[C@@H](O)CN2C(=O)[C@@H](C)C(C)(C)C)cc1.